The van der Waals surface area contributed by atoms with E-state index in [0.29, 0.717) is 26.2 Å². The number of rotatable bonds is 5. The van der Waals surface area contributed by atoms with Crippen LogP contribution < -0.4 is 5.32 Å². The highest BCUT2D eigenvalue weighted by Gasteiger charge is 2.35. The molecule has 0 bridgehead atoms. The van der Waals surface area contributed by atoms with E-state index in [4.69, 9.17) is 4.74 Å². The van der Waals surface area contributed by atoms with Crippen LogP contribution in [-0.4, -0.2) is 58.5 Å². The Labute approximate surface area is 136 Å². The third kappa shape index (κ3) is 4.09. The first-order valence-corrected chi connectivity index (χ1v) is 8.23. The third-order valence-electron chi connectivity index (χ3n) is 4.59. The number of hydrogen-bond donors (Lipinski definition) is 1. The first kappa shape index (κ1) is 16.0. The Kier molecular flexibility index (Phi) is 4.94. The number of carbonyl (C=O) groups is 1. The largest absolute Gasteiger partial charge is 0.374 e. The van der Waals surface area contributed by atoms with Crippen molar-refractivity contribution >= 4 is 5.91 Å². The van der Waals surface area contributed by atoms with E-state index in [0.717, 1.165) is 32.2 Å². The zero-order valence-corrected chi connectivity index (χ0v) is 13.3. The summed E-state index contributed by atoms with van der Waals surface area (Å²) in [5.74, 6) is -0.0619. The molecule has 2 aliphatic rings. The molecule has 7 heteroatoms. The van der Waals surface area contributed by atoms with Crippen LogP contribution in [0.3, 0.4) is 0 Å². The van der Waals surface area contributed by atoms with Gasteiger partial charge in [0.15, 0.2) is 0 Å². The fourth-order valence-electron chi connectivity index (χ4n) is 3.40. The molecule has 2 fully saturated rings. The molecule has 1 aromatic rings. The van der Waals surface area contributed by atoms with E-state index in [9.17, 15) is 10.1 Å². The number of morpholine rings is 1. The van der Waals surface area contributed by atoms with E-state index < -0.39 is 5.54 Å². The lowest BCUT2D eigenvalue weighted by atomic mass is 10.00. The summed E-state index contributed by atoms with van der Waals surface area (Å²) in [6.45, 7) is 3.06. The molecule has 0 radical (unpaired) electrons. The van der Waals surface area contributed by atoms with Crippen molar-refractivity contribution in [3.63, 3.8) is 0 Å². The van der Waals surface area contributed by atoms with Gasteiger partial charge in [-0.2, -0.15) is 10.4 Å². The van der Waals surface area contributed by atoms with Gasteiger partial charge in [0.05, 0.1) is 31.9 Å². The molecule has 1 aliphatic carbocycles. The summed E-state index contributed by atoms with van der Waals surface area (Å²) in [5.41, 5.74) is -0.641. The Bertz CT molecular complexity index is 560. The number of amides is 1. The SMILES string of the molecule is N#CC1(NC(=O)CN2CCOC(Cn3cccn3)C2)CCCC1. The van der Waals surface area contributed by atoms with Crippen LogP contribution >= 0.6 is 0 Å². The zero-order valence-electron chi connectivity index (χ0n) is 13.3. The minimum absolute atomic E-state index is 0.0351. The lowest BCUT2D eigenvalue weighted by Crippen LogP contribution is -2.52. The van der Waals surface area contributed by atoms with E-state index in [1.54, 1.807) is 6.20 Å². The Morgan fingerprint density at radius 1 is 1.48 bits per heavy atom. The molecule has 7 nitrogen and oxygen atoms in total. The molecule has 1 saturated heterocycles. The molecular weight excluding hydrogens is 294 g/mol. The summed E-state index contributed by atoms with van der Waals surface area (Å²) >= 11 is 0. The maximum Gasteiger partial charge on any atom is 0.235 e. The van der Waals surface area contributed by atoms with Crippen LogP contribution in [0.2, 0.25) is 0 Å². The molecule has 1 aliphatic heterocycles. The van der Waals surface area contributed by atoms with E-state index in [1.807, 2.05) is 16.9 Å². The van der Waals surface area contributed by atoms with Gasteiger partial charge in [-0.25, -0.2) is 0 Å². The second-order valence-corrected chi connectivity index (χ2v) is 6.41. The summed E-state index contributed by atoms with van der Waals surface area (Å²) in [6.07, 6.45) is 7.24. The first-order valence-electron chi connectivity index (χ1n) is 8.23. The van der Waals surface area contributed by atoms with Crippen molar-refractivity contribution in [3.8, 4) is 6.07 Å². The minimum Gasteiger partial charge on any atom is -0.374 e. The van der Waals surface area contributed by atoms with Crippen molar-refractivity contribution in [1.82, 2.24) is 20.0 Å². The van der Waals surface area contributed by atoms with Gasteiger partial charge in [0.2, 0.25) is 5.91 Å². The van der Waals surface area contributed by atoms with Gasteiger partial charge >= 0.3 is 0 Å². The normalized spacial score (nSPS) is 24.2. The van der Waals surface area contributed by atoms with Gasteiger partial charge in [0, 0.05) is 25.5 Å². The minimum atomic E-state index is -0.641. The highest BCUT2D eigenvalue weighted by Crippen LogP contribution is 2.28. The van der Waals surface area contributed by atoms with Gasteiger partial charge in [-0.3, -0.25) is 14.4 Å². The maximum atomic E-state index is 12.3. The molecule has 1 atom stereocenters. The van der Waals surface area contributed by atoms with Gasteiger partial charge < -0.3 is 10.1 Å². The monoisotopic (exact) mass is 317 g/mol. The molecule has 0 spiro atoms. The van der Waals surface area contributed by atoms with E-state index in [1.165, 1.54) is 0 Å². The molecule has 23 heavy (non-hydrogen) atoms. The predicted molar refractivity (Wildman–Crippen MR) is 83.4 cm³/mol. The van der Waals surface area contributed by atoms with Gasteiger partial charge in [-0.05, 0) is 31.7 Å². The second kappa shape index (κ2) is 7.11. The lowest BCUT2D eigenvalue weighted by molar-refractivity contribution is -0.125. The van der Waals surface area contributed by atoms with Crippen molar-refractivity contribution in [2.45, 2.75) is 43.9 Å². The molecular formula is C16H23N5O2. The number of nitriles is 1. The van der Waals surface area contributed by atoms with Crippen LogP contribution in [0.25, 0.3) is 0 Å². The third-order valence-corrected chi connectivity index (χ3v) is 4.59. The van der Waals surface area contributed by atoms with E-state index >= 15 is 0 Å². The number of hydrogen-bond acceptors (Lipinski definition) is 5. The number of carbonyl (C=O) groups excluding carboxylic acids is 1. The summed E-state index contributed by atoms with van der Waals surface area (Å²) < 4.78 is 7.60. The van der Waals surface area contributed by atoms with Crippen molar-refractivity contribution in [3.05, 3.63) is 18.5 Å². The summed E-state index contributed by atoms with van der Waals surface area (Å²) in [5, 5.41) is 16.5. The van der Waals surface area contributed by atoms with E-state index in [2.05, 4.69) is 21.4 Å². The smallest absolute Gasteiger partial charge is 0.235 e. The quantitative estimate of drug-likeness (QED) is 0.857. The van der Waals surface area contributed by atoms with Crippen molar-refractivity contribution in [2.75, 3.05) is 26.2 Å². The molecule has 124 valence electrons. The van der Waals surface area contributed by atoms with Crippen molar-refractivity contribution < 1.29 is 9.53 Å². The van der Waals surface area contributed by atoms with Crippen LogP contribution in [0.5, 0.6) is 0 Å². The number of aromatic nitrogens is 2. The van der Waals surface area contributed by atoms with Crippen LogP contribution in [0.1, 0.15) is 25.7 Å². The summed E-state index contributed by atoms with van der Waals surface area (Å²) in [7, 11) is 0. The number of ether oxygens (including phenoxy) is 1. The fraction of sp³-hybridized carbons (Fsp3) is 0.688. The van der Waals surface area contributed by atoms with Crippen LogP contribution in [0.15, 0.2) is 18.5 Å². The molecule has 1 unspecified atom stereocenters. The van der Waals surface area contributed by atoms with Gasteiger partial charge in [0.25, 0.3) is 0 Å². The number of nitrogens with zero attached hydrogens (tertiary/aromatic N) is 4. The molecule has 3 rings (SSSR count). The highest BCUT2D eigenvalue weighted by molar-refractivity contribution is 5.79. The molecule has 1 saturated carbocycles. The molecule has 1 aromatic heterocycles. The molecule has 1 amide bonds. The van der Waals surface area contributed by atoms with Crippen molar-refractivity contribution in [1.29, 1.82) is 5.26 Å². The average Bonchev–Trinajstić information content (AvgIpc) is 3.20. The fourth-order valence-corrected chi connectivity index (χ4v) is 3.40. The maximum absolute atomic E-state index is 12.3. The van der Waals surface area contributed by atoms with Crippen LogP contribution in [-0.2, 0) is 16.1 Å². The zero-order chi connectivity index (χ0) is 16.1. The average molecular weight is 317 g/mol. The van der Waals surface area contributed by atoms with Crippen LogP contribution in [0.4, 0.5) is 0 Å². The Balaban J connectivity index is 1.49. The van der Waals surface area contributed by atoms with Gasteiger partial charge in [0.1, 0.15) is 5.54 Å². The summed E-state index contributed by atoms with van der Waals surface area (Å²) in [4.78, 5) is 14.4. The number of nitrogens with one attached hydrogen (secondary N) is 1. The lowest BCUT2D eigenvalue weighted by Gasteiger charge is -2.33. The van der Waals surface area contributed by atoms with Crippen LogP contribution in [0, 0.1) is 11.3 Å². The molecule has 0 aromatic carbocycles. The van der Waals surface area contributed by atoms with E-state index in [-0.39, 0.29) is 12.0 Å². The summed E-state index contributed by atoms with van der Waals surface area (Å²) in [6, 6.07) is 4.18. The highest BCUT2D eigenvalue weighted by atomic mass is 16.5. The van der Waals surface area contributed by atoms with Crippen molar-refractivity contribution in [2.24, 2.45) is 0 Å². The Morgan fingerprint density at radius 3 is 3.00 bits per heavy atom. The topological polar surface area (TPSA) is 83.2 Å². The molecule has 2 heterocycles. The standard InChI is InChI=1S/C16H23N5O2/c17-13-16(4-1-2-5-16)19-15(22)12-20-8-9-23-14(10-20)11-21-7-3-6-18-21/h3,6-7,14H,1-2,4-5,8-12H2,(H,19,22). The predicted octanol–water partition coefficient (Wildman–Crippen LogP) is 0.536. The van der Waals surface area contributed by atoms with Gasteiger partial charge in [-0.1, -0.05) is 0 Å². The molecule has 1 N–H and O–H groups in total. The van der Waals surface area contributed by atoms with Gasteiger partial charge in [-0.15, -0.1) is 0 Å². The second-order valence-electron chi connectivity index (χ2n) is 6.41. The Morgan fingerprint density at radius 2 is 2.30 bits per heavy atom. The first-order chi connectivity index (χ1) is 11.2. The Hall–Kier alpha value is -1.91.